The van der Waals surface area contributed by atoms with Crippen LogP contribution in [-0.2, 0) is 0 Å². The molecule has 0 amide bonds. The summed E-state index contributed by atoms with van der Waals surface area (Å²) in [5, 5.41) is 8.70. The molecule has 0 aliphatic carbocycles. The number of benzene rings is 2. The summed E-state index contributed by atoms with van der Waals surface area (Å²) in [5.41, 5.74) is 2.12. The molecule has 0 saturated carbocycles. The minimum absolute atomic E-state index is 1.06. The van der Waals surface area contributed by atoms with Crippen LogP contribution in [0.5, 0.6) is 0 Å². The van der Waals surface area contributed by atoms with E-state index in [1.165, 1.54) is 0 Å². The number of aromatic nitrogens is 2. The van der Waals surface area contributed by atoms with Gasteiger partial charge in [-0.05, 0) is 11.1 Å². The van der Waals surface area contributed by atoms with E-state index in [9.17, 15) is 0 Å². The van der Waals surface area contributed by atoms with E-state index in [2.05, 4.69) is 10.2 Å². The van der Waals surface area contributed by atoms with E-state index in [0.29, 0.717) is 0 Å². The number of hydrogen-bond acceptors (Lipinski definition) is 2. The van der Waals surface area contributed by atoms with Gasteiger partial charge in [-0.2, -0.15) is 0 Å². The van der Waals surface area contributed by atoms with Crippen molar-refractivity contribution in [2.75, 3.05) is 0 Å². The molecule has 0 aliphatic rings. The summed E-state index contributed by atoms with van der Waals surface area (Å²) < 4.78 is 3.44. The molecule has 1 aromatic heterocycles. The lowest BCUT2D eigenvalue weighted by molar-refractivity contribution is -0.677. The SMILES string of the molecule is C(=Nn1cc[n+](N=Cc2ccccc2)c1)c1ccccc1. The summed E-state index contributed by atoms with van der Waals surface area (Å²) >= 11 is 0. The van der Waals surface area contributed by atoms with Crippen molar-refractivity contribution in [3.8, 4) is 0 Å². The third-order valence-electron chi connectivity index (χ3n) is 2.89. The number of hydrogen-bond donors (Lipinski definition) is 0. The predicted molar refractivity (Wildman–Crippen MR) is 83.5 cm³/mol. The zero-order valence-electron chi connectivity index (χ0n) is 11.4. The van der Waals surface area contributed by atoms with Crippen LogP contribution in [0.2, 0.25) is 0 Å². The van der Waals surface area contributed by atoms with Gasteiger partial charge in [-0.3, -0.25) is 0 Å². The number of imidazole rings is 1. The highest BCUT2D eigenvalue weighted by atomic mass is 15.4. The molecule has 0 N–H and O–H groups in total. The second-order valence-corrected chi connectivity index (χ2v) is 4.48. The van der Waals surface area contributed by atoms with Gasteiger partial charge in [0.25, 0.3) is 6.33 Å². The summed E-state index contributed by atoms with van der Waals surface area (Å²) in [6.45, 7) is 0. The zero-order chi connectivity index (χ0) is 14.3. The summed E-state index contributed by atoms with van der Waals surface area (Å²) in [5.74, 6) is 0. The van der Waals surface area contributed by atoms with Gasteiger partial charge in [0.15, 0.2) is 12.4 Å². The van der Waals surface area contributed by atoms with Crippen LogP contribution >= 0.6 is 0 Å². The van der Waals surface area contributed by atoms with Gasteiger partial charge < -0.3 is 0 Å². The average Bonchev–Trinajstić information content (AvgIpc) is 3.01. The van der Waals surface area contributed by atoms with E-state index >= 15 is 0 Å². The van der Waals surface area contributed by atoms with E-state index in [1.807, 2.05) is 85.5 Å². The first-order chi connectivity index (χ1) is 10.4. The van der Waals surface area contributed by atoms with E-state index in [0.717, 1.165) is 11.1 Å². The Morgan fingerprint density at radius 2 is 1.43 bits per heavy atom. The Balaban J connectivity index is 1.69. The Morgan fingerprint density at radius 3 is 2.10 bits per heavy atom. The summed E-state index contributed by atoms with van der Waals surface area (Å²) in [6, 6.07) is 20.0. The molecule has 0 atom stereocenters. The molecule has 3 rings (SSSR count). The second-order valence-electron chi connectivity index (χ2n) is 4.48. The van der Waals surface area contributed by atoms with Gasteiger partial charge in [-0.1, -0.05) is 70.9 Å². The molecule has 21 heavy (non-hydrogen) atoms. The molecule has 0 radical (unpaired) electrons. The van der Waals surface area contributed by atoms with Gasteiger partial charge in [0.05, 0.1) is 12.4 Å². The molecule has 2 aromatic carbocycles. The fourth-order valence-corrected chi connectivity index (χ4v) is 1.82. The fraction of sp³-hybridized carbons (Fsp3) is 0. The minimum Gasteiger partial charge on any atom is -0.106 e. The maximum Gasteiger partial charge on any atom is 0.295 e. The van der Waals surface area contributed by atoms with Gasteiger partial charge in [0.2, 0.25) is 0 Å². The van der Waals surface area contributed by atoms with Crippen LogP contribution in [0, 0.1) is 0 Å². The normalized spacial score (nSPS) is 11.4. The molecule has 4 heteroatoms. The van der Waals surface area contributed by atoms with Crippen molar-refractivity contribution < 1.29 is 4.68 Å². The minimum atomic E-state index is 1.06. The molecule has 102 valence electrons. The van der Waals surface area contributed by atoms with E-state index < -0.39 is 0 Å². The van der Waals surface area contributed by atoms with Gasteiger partial charge in [-0.15, -0.1) is 9.35 Å². The molecular weight excluding hydrogens is 260 g/mol. The van der Waals surface area contributed by atoms with Crippen molar-refractivity contribution in [3.05, 3.63) is 90.5 Å². The van der Waals surface area contributed by atoms with Gasteiger partial charge >= 0.3 is 0 Å². The van der Waals surface area contributed by atoms with E-state index in [4.69, 9.17) is 0 Å². The highest BCUT2D eigenvalue weighted by Gasteiger charge is 1.99. The first kappa shape index (κ1) is 13.0. The molecule has 0 aliphatic heterocycles. The van der Waals surface area contributed by atoms with Crippen molar-refractivity contribution in [1.29, 1.82) is 0 Å². The van der Waals surface area contributed by atoms with Crippen molar-refractivity contribution >= 4 is 12.4 Å². The average molecular weight is 275 g/mol. The molecule has 0 spiro atoms. The van der Waals surface area contributed by atoms with Crippen molar-refractivity contribution in [3.63, 3.8) is 0 Å². The van der Waals surface area contributed by atoms with Crippen LogP contribution in [0.4, 0.5) is 0 Å². The molecule has 0 saturated heterocycles. The van der Waals surface area contributed by atoms with Crippen molar-refractivity contribution in [2.24, 2.45) is 10.2 Å². The maximum atomic E-state index is 4.35. The first-order valence-electron chi connectivity index (χ1n) is 6.68. The van der Waals surface area contributed by atoms with Gasteiger partial charge in [-0.25, -0.2) is 0 Å². The third kappa shape index (κ3) is 3.73. The van der Waals surface area contributed by atoms with Crippen LogP contribution in [0.3, 0.4) is 0 Å². The lowest BCUT2D eigenvalue weighted by Crippen LogP contribution is -2.23. The summed E-state index contributed by atoms with van der Waals surface area (Å²) in [6.07, 6.45) is 9.12. The predicted octanol–water partition coefficient (Wildman–Crippen LogP) is 2.54. The lowest BCUT2D eigenvalue weighted by Gasteiger charge is -1.88. The van der Waals surface area contributed by atoms with Crippen LogP contribution in [0.1, 0.15) is 11.1 Å². The van der Waals surface area contributed by atoms with Crippen LogP contribution in [-0.4, -0.2) is 17.1 Å². The zero-order valence-corrected chi connectivity index (χ0v) is 11.4. The highest BCUT2D eigenvalue weighted by molar-refractivity contribution is 5.79. The Hall–Kier alpha value is -3.01. The van der Waals surface area contributed by atoms with Crippen LogP contribution in [0.25, 0.3) is 0 Å². The summed E-state index contributed by atoms with van der Waals surface area (Å²) in [4.78, 5) is 0. The molecule has 1 heterocycles. The van der Waals surface area contributed by atoms with Crippen molar-refractivity contribution in [2.45, 2.75) is 0 Å². The Morgan fingerprint density at radius 1 is 0.810 bits per heavy atom. The van der Waals surface area contributed by atoms with E-state index in [1.54, 1.807) is 15.7 Å². The standard InChI is InChI=1S/C17H15N4/c1-3-7-16(8-4-1)13-18-20-11-12-21(15-20)19-14-17-9-5-2-6-10-17/h1-15H/q+1. The first-order valence-corrected chi connectivity index (χ1v) is 6.68. The summed E-state index contributed by atoms with van der Waals surface area (Å²) in [7, 11) is 0. The third-order valence-corrected chi connectivity index (χ3v) is 2.89. The number of nitrogens with zero attached hydrogens (tertiary/aromatic N) is 4. The van der Waals surface area contributed by atoms with Gasteiger partial charge in [0.1, 0.15) is 0 Å². The molecule has 0 unspecified atom stereocenters. The van der Waals surface area contributed by atoms with Crippen molar-refractivity contribution in [1.82, 2.24) is 4.68 Å². The Labute approximate surface area is 123 Å². The second kappa shape index (κ2) is 6.43. The fourth-order valence-electron chi connectivity index (χ4n) is 1.82. The highest BCUT2D eigenvalue weighted by Crippen LogP contribution is 1.95. The molecule has 3 aromatic rings. The lowest BCUT2D eigenvalue weighted by atomic mass is 10.2. The van der Waals surface area contributed by atoms with Crippen LogP contribution < -0.4 is 4.68 Å². The van der Waals surface area contributed by atoms with Crippen LogP contribution in [0.15, 0.2) is 89.6 Å². The molecule has 0 fully saturated rings. The smallest absolute Gasteiger partial charge is 0.106 e. The Kier molecular flexibility index (Phi) is 3.98. The maximum absolute atomic E-state index is 4.35. The molecular formula is C17H15N4+. The molecule has 0 bridgehead atoms. The topological polar surface area (TPSA) is 33.5 Å². The molecule has 4 nitrogen and oxygen atoms in total. The quantitative estimate of drug-likeness (QED) is 0.518. The van der Waals surface area contributed by atoms with Gasteiger partial charge in [0, 0.05) is 0 Å². The largest absolute Gasteiger partial charge is 0.295 e. The monoisotopic (exact) mass is 275 g/mol. The Bertz CT molecular complexity index is 679. The van der Waals surface area contributed by atoms with E-state index in [-0.39, 0.29) is 0 Å². The number of rotatable bonds is 4.